The van der Waals surface area contributed by atoms with Crippen LogP contribution in [0.2, 0.25) is 0 Å². The maximum absolute atomic E-state index is 12.5. The molecule has 0 aromatic heterocycles. The van der Waals surface area contributed by atoms with E-state index >= 15 is 0 Å². The predicted octanol–water partition coefficient (Wildman–Crippen LogP) is 1.60. The van der Waals surface area contributed by atoms with E-state index in [2.05, 4.69) is 0 Å². The summed E-state index contributed by atoms with van der Waals surface area (Å²) < 4.78 is 5.78. The lowest BCUT2D eigenvalue weighted by molar-refractivity contribution is 0.0597. The summed E-state index contributed by atoms with van der Waals surface area (Å²) in [6, 6.07) is 5.61. The molecule has 2 unspecified atom stereocenters. The third-order valence-electron chi connectivity index (χ3n) is 3.03. The summed E-state index contributed by atoms with van der Waals surface area (Å²) >= 11 is 0. The van der Waals surface area contributed by atoms with Crippen LogP contribution in [-0.2, 0) is 0 Å². The number of aliphatic hydroxyl groups is 1. The summed E-state index contributed by atoms with van der Waals surface area (Å²) in [7, 11) is 0. The number of rotatable bonds is 2. The molecule has 1 aliphatic rings. The van der Waals surface area contributed by atoms with Crippen molar-refractivity contribution in [2.75, 3.05) is 13.1 Å². The van der Waals surface area contributed by atoms with Crippen LogP contribution in [0, 0.1) is 6.92 Å². The minimum absolute atomic E-state index is 0.0617. The van der Waals surface area contributed by atoms with Gasteiger partial charge in [-0.1, -0.05) is 12.1 Å². The molecule has 1 aromatic rings. The summed E-state index contributed by atoms with van der Waals surface area (Å²) in [4.78, 5) is 14.1. The zero-order valence-corrected chi connectivity index (χ0v) is 11.0. The van der Waals surface area contributed by atoms with E-state index in [-0.39, 0.29) is 12.0 Å². The topological polar surface area (TPSA) is 49.8 Å². The van der Waals surface area contributed by atoms with Crippen LogP contribution in [0.25, 0.3) is 0 Å². The first-order chi connectivity index (χ1) is 8.49. The summed E-state index contributed by atoms with van der Waals surface area (Å²) in [5, 5.41) is 9.48. The average Bonchev–Trinajstić information content (AvgIpc) is 2.37. The summed E-state index contributed by atoms with van der Waals surface area (Å²) in [5.74, 6) is 0.578. The van der Waals surface area contributed by atoms with Crippen molar-refractivity contribution in [2.45, 2.75) is 33.0 Å². The summed E-state index contributed by atoms with van der Waals surface area (Å²) in [6.07, 6.45) is -0.609. The van der Waals surface area contributed by atoms with Crippen LogP contribution in [0.5, 0.6) is 5.75 Å². The number of nitrogens with zero attached hydrogens (tertiary/aromatic N) is 1. The van der Waals surface area contributed by atoms with Gasteiger partial charge in [0.15, 0.2) is 0 Å². The molecular weight excluding hydrogens is 230 g/mol. The van der Waals surface area contributed by atoms with Gasteiger partial charge in [0.2, 0.25) is 0 Å². The van der Waals surface area contributed by atoms with E-state index in [1.165, 1.54) is 0 Å². The Hall–Kier alpha value is -1.55. The molecular formula is C14H19NO3. The molecule has 1 heterocycles. The molecule has 4 nitrogen and oxygen atoms in total. The molecule has 1 aromatic carbocycles. The van der Waals surface area contributed by atoms with Gasteiger partial charge in [-0.25, -0.2) is 0 Å². The fourth-order valence-corrected chi connectivity index (χ4v) is 2.29. The number of β-amino-alcohol motifs (C(OH)–C–C–N with tert-alkyl or cyclic N) is 1. The minimum Gasteiger partial charge on any atom is -0.488 e. The highest BCUT2D eigenvalue weighted by molar-refractivity contribution is 5.98. The lowest BCUT2D eigenvalue weighted by Crippen LogP contribution is -2.40. The van der Waals surface area contributed by atoms with Crippen molar-refractivity contribution in [3.63, 3.8) is 0 Å². The summed E-state index contributed by atoms with van der Waals surface area (Å²) in [5.41, 5.74) is 1.52. The standard InChI is InChI=1S/C14H19NO3/c1-9-5-4-6-12-13(9)14(17)15(7-10(2)16)8-11(3)18-12/h4-6,10-11,16H,7-8H2,1-3H3. The Kier molecular flexibility index (Phi) is 3.57. The van der Waals surface area contributed by atoms with Gasteiger partial charge in [-0.3, -0.25) is 4.79 Å². The number of carbonyl (C=O) groups is 1. The molecule has 0 saturated heterocycles. The number of amides is 1. The Balaban J connectivity index is 2.41. The molecule has 4 heteroatoms. The Morgan fingerprint density at radius 2 is 2.28 bits per heavy atom. The van der Waals surface area contributed by atoms with Gasteiger partial charge >= 0.3 is 0 Å². The van der Waals surface area contributed by atoms with Gasteiger partial charge in [-0.05, 0) is 32.4 Å². The van der Waals surface area contributed by atoms with Crippen LogP contribution in [0.15, 0.2) is 18.2 Å². The van der Waals surface area contributed by atoms with Crippen molar-refractivity contribution in [1.82, 2.24) is 4.90 Å². The lowest BCUT2D eigenvalue weighted by Gasteiger charge is -2.23. The molecule has 1 aliphatic heterocycles. The van der Waals surface area contributed by atoms with Gasteiger partial charge in [0.25, 0.3) is 5.91 Å². The van der Waals surface area contributed by atoms with Gasteiger partial charge in [0, 0.05) is 6.54 Å². The second-order valence-electron chi connectivity index (χ2n) is 4.94. The molecule has 0 radical (unpaired) electrons. The smallest absolute Gasteiger partial charge is 0.258 e. The molecule has 2 rings (SSSR count). The van der Waals surface area contributed by atoms with Gasteiger partial charge in [-0.15, -0.1) is 0 Å². The highest BCUT2D eigenvalue weighted by Gasteiger charge is 2.28. The maximum Gasteiger partial charge on any atom is 0.258 e. The number of ether oxygens (including phenoxy) is 1. The van der Waals surface area contributed by atoms with E-state index in [1.54, 1.807) is 11.8 Å². The van der Waals surface area contributed by atoms with Crippen LogP contribution in [0.4, 0.5) is 0 Å². The molecule has 0 fully saturated rings. The molecule has 0 aliphatic carbocycles. The highest BCUT2D eigenvalue weighted by Crippen LogP contribution is 2.27. The fraction of sp³-hybridized carbons (Fsp3) is 0.500. The number of aryl methyl sites for hydroxylation is 1. The lowest BCUT2D eigenvalue weighted by atomic mass is 10.1. The quantitative estimate of drug-likeness (QED) is 0.866. The van der Waals surface area contributed by atoms with Gasteiger partial charge < -0.3 is 14.7 Å². The SMILES string of the molecule is Cc1cccc2c1C(=O)N(CC(C)O)CC(C)O2. The highest BCUT2D eigenvalue weighted by atomic mass is 16.5. The first-order valence-electron chi connectivity index (χ1n) is 6.22. The van der Waals surface area contributed by atoms with E-state index in [0.717, 1.165) is 5.56 Å². The van der Waals surface area contributed by atoms with Crippen LogP contribution < -0.4 is 4.74 Å². The Morgan fingerprint density at radius 1 is 1.56 bits per heavy atom. The summed E-state index contributed by atoms with van der Waals surface area (Å²) in [6.45, 7) is 6.34. The van der Waals surface area contributed by atoms with E-state index in [4.69, 9.17) is 4.74 Å². The monoisotopic (exact) mass is 249 g/mol. The number of fused-ring (bicyclic) bond motifs is 1. The molecule has 98 valence electrons. The minimum atomic E-state index is -0.535. The van der Waals surface area contributed by atoms with Crippen molar-refractivity contribution < 1.29 is 14.6 Å². The van der Waals surface area contributed by atoms with Gasteiger partial charge in [0.05, 0.1) is 18.2 Å². The first kappa shape index (κ1) is 12.9. The van der Waals surface area contributed by atoms with E-state index in [0.29, 0.717) is 24.4 Å². The van der Waals surface area contributed by atoms with Crippen molar-refractivity contribution in [3.05, 3.63) is 29.3 Å². The normalized spacial score (nSPS) is 21.0. The third kappa shape index (κ3) is 2.48. The van der Waals surface area contributed by atoms with Crippen molar-refractivity contribution in [2.24, 2.45) is 0 Å². The van der Waals surface area contributed by atoms with Crippen LogP contribution in [-0.4, -0.2) is 41.2 Å². The van der Waals surface area contributed by atoms with E-state index < -0.39 is 6.10 Å². The molecule has 0 saturated carbocycles. The van der Waals surface area contributed by atoms with Crippen LogP contribution in [0.1, 0.15) is 29.8 Å². The largest absolute Gasteiger partial charge is 0.488 e. The molecule has 1 amide bonds. The number of aliphatic hydroxyl groups excluding tert-OH is 1. The molecule has 2 atom stereocenters. The number of carbonyl (C=O) groups excluding carboxylic acids is 1. The molecule has 1 N–H and O–H groups in total. The van der Waals surface area contributed by atoms with Crippen LogP contribution in [0.3, 0.4) is 0 Å². The average molecular weight is 249 g/mol. The van der Waals surface area contributed by atoms with Gasteiger partial charge in [0.1, 0.15) is 11.9 Å². The van der Waals surface area contributed by atoms with Gasteiger partial charge in [-0.2, -0.15) is 0 Å². The number of hydrogen-bond donors (Lipinski definition) is 1. The predicted molar refractivity (Wildman–Crippen MR) is 68.9 cm³/mol. The zero-order valence-electron chi connectivity index (χ0n) is 11.0. The number of hydrogen-bond acceptors (Lipinski definition) is 3. The Morgan fingerprint density at radius 3 is 2.94 bits per heavy atom. The Labute approximate surface area is 107 Å². The fourth-order valence-electron chi connectivity index (χ4n) is 2.29. The zero-order chi connectivity index (χ0) is 13.3. The second-order valence-corrected chi connectivity index (χ2v) is 4.94. The van der Waals surface area contributed by atoms with Crippen molar-refractivity contribution in [1.29, 1.82) is 0 Å². The molecule has 0 bridgehead atoms. The Bertz CT molecular complexity index is 456. The number of benzene rings is 1. The molecule has 0 spiro atoms. The second kappa shape index (κ2) is 4.98. The third-order valence-corrected chi connectivity index (χ3v) is 3.03. The maximum atomic E-state index is 12.5. The van der Waals surface area contributed by atoms with Crippen LogP contribution >= 0.6 is 0 Å². The van der Waals surface area contributed by atoms with E-state index in [9.17, 15) is 9.90 Å². The van der Waals surface area contributed by atoms with Crippen molar-refractivity contribution >= 4 is 5.91 Å². The van der Waals surface area contributed by atoms with E-state index in [1.807, 2.05) is 32.0 Å². The first-order valence-corrected chi connectivity index (χ1v) is 6.22. The molecule has 18 heavy (non-hydrogen) atoms. The van der Waals surface area contributed by atoms with Crippen molar-refractivity contribution in [3.8, 4) is 5.75 Å².